The van der Waals surface area contributed by atoms with Crippen LogP contribution in [0.5, 0.6) is 0 Å². The number of nitrogens with zero attached hydrogens (tertiary/aromatic N) is 1. The molecule has 2 fully saturated rings. The maximum absolute atomic E-state index is 12.3. The minimum absolute atomic E-state index is 0.175. The van der Waals surface area contributed by atoms with Gasteiger partial charge in [0.05, 0.1) is 12.6 Å². The van der Waals surface area contributed by atoms with Crippen molar-refractivity contribution in [3.05, 3.63) is 35.9 Å². The van der Waals surface area contributed by atoms with E-state index < -0.39 is 6.10 Å². The highest BCUT2D eigenvalue weighted by Crippen LogP contribution is 2.27. The summed E-state index contributed by atoms with van der Waals surface area (Å²) in [5.74, 6) is 0.185. The number of carbonyl (C=O) groups excluding carboxylic acids is 1. The van der Waals surface area contributed by atoms with Gasteiger partial charge in [-0.2, -0.15) is 0 Å². The van der Waals surface area contributed by atoms with Gasteiger partial charge in [-0.3, -0.25) is 4.79 Å². The molecule has 1 heterocycles. The fraction of sp³-hybridized carbons (Fsp3) is 0.588. The van der Waals surface area contributed by atoms with Crippen molar-refractivity contribution in [1.82, 2.24) is 10.2 Å². The summed E-state index contributed by atoms with van der Waals surface area (Å²) in [6, 6.07) is 10.5. The lowest BCUT2D eigenvalue weighted by molar-refractivity contribution is -0.131. The van der Waals surface area contributed by atoms with Crippen LogP contribution in [-0.2, 0) is 4.79 Å². The van der Waals surface area contributed by atoms with Crippen LogP contribution in [0.3, 0.4) is 0 Å². The number of carbonyl (C=O) groups is 1. The zero-order valence-electron chi connectivity index (χ0n) is 12.4. The molecule has 2 aliphatic rings. The number of hydrogen-bond donors (Lipinski definition) is 2. The molecular weight excluding hydrogens is 264 g/mol. The first kappa shape index (κ1) is 14.5. The monoisotopic (exact) mass is 288 g/mol. The first-order valence-electron chi connectivity index (χ1n) is 8.00. The number of aliphatic hydroxyl groups is 1. The zero-order valence-corrected chi connectivity index (χ0v) is 12.4. The third kappa shape index (κ3) is 3.83. The summed E-state index contributed by atoms with van der Waals surface area (Å²) < 4.78 is 0. The third-order valence-electron chi connectivity index (χ3n) is 4.50. The van der Waals surface area contributed by atoms with Gasteiger partial charge < -0.3 is 15.3 Å². The number of nitrogens with one attached hydrogen (secondary N) is 1. The molecule has 1 aliphatic heterocycles. The van der Waals surface area contributed by atoms with Crippen molar-refractivity contribution in [3.8, 4) is 0 Å². The van der Waals surface area contributed by atoms with Gasteiger partial charge in [0.1, 0.15) is 0 Å². The maximum atomic E-state index is 12.3. The topological polar surface area (TPSA) is 52.6 Å². The second-order valence-corrected chi connectivity index (χ2v) is 6.20. The lowest BCUT2D eigenvalue weighted by Crippen LogP contribution is -2.42. The van der Waals surface area contributed by atoms with Crippen LogP contribution < -0.4 is 5.32 Å². The Bertz CT molecular complexity index is 473. The molecule has 21 heavy (non-hydrogen) atoms. The number of rotatable bonds is 6. The molecule has 4 nitrogen and oxygen atoms in total. The zero-order chi connectivity index (χ0) is 14.7. The Balaban J connectivity index is 1.54. The van der Waals surface area contributed by atoms with Crippen molar-refractivity contribution in [3.63, 3.8) is 0 Å². The molecule has 1 saturated heterocycles. The molecule has 1 aromatic rings. The quantitative estimate of drug-likeness (QED) is 0.840. The van der Waals surface area contributed by atoms with Crippen LogP contribution in [0.15, 0.2) is 30.3 Å². The average molecular weight is 288 g/mol. The normalized spacial score (nSPS) is 23.3. The molecule has 0 aromatic heterocycles. The molecule has 2 N–H and O–H groups in total. The molecule has 1 amide bonds. The number of hydrogen-bond acceptors (Lipinski definition) is 3. The molecule has 1 saturated carbocycles. The first-order valence-corrected chi connectivity index (χ1v) is 8.00. The van der Waals surface area contributed by atoms with Gasteiger partial charge in [0.2, 0.25) is 5.91 Å². The molecular formula is C17H24N2O2. The summed E-state index contributed by atoms with van der Waals surface area (Å²) >= 11 is 0. The highest BCUT2D eigenvalue weighted by molar-refractivity contribution is 5.79. The van der Waals surface area contributed by atoms with E-state index in [0.29, 0.717) is 19.0 Å². The summed E-state index contributed by atoms with van der Waals surface area (Å²) in [4.78, 5) is 14.2. The van der Waals surface area contributed by atoms with Crippen LogP contribution in [0.4, 0.5) is 0 Å². The summed E-state index contributed by atoms with van der Waals surface area (Å²) in [5, 5.41) is 13.6. The van der Waals surface area contributed by atoms with Crippen LogP contribution in [0, 0.1) is 0 Å². The molecule has 4 heteroatoms. The fourth-order valence-electron chi connectivity index (χ4n) is 3.10. The molecule has 3 rings (SSSR count). The predicted molar refractivity (Wildman–Crippen MR) is 81.8 cm³/mol. The number of likely N-dealkylation sites (tertiary alicyclic amines) is 1. The van der Waals surface area contributed by atoms with Gasteiger partial charge in [0, 0.05) is 18.6 Å². The molecule has 0 bridgehead atoms. The van der Waals surface area contributed by atoms with Crippen molar-refractivity contribution < 1.29 is 9.90 Å². The van der Waals surface area contributed by atoms with Crippen molar-refractivity contribution in [2.24, 2.45) is 0 Å². The Morgan fingerprint density at radius 3 is 2.76 bits per heavy atom. The molecule has 1 aliphatic carbocycles. The Morgan fingerprint density at radius 2 is 2.05 bits per heavy atom. The largest absolute Gasteiger partial charge is 0.388 e. The van der Waals surface area contributed by atoms with E-state index in [2.05, 4.69) is 5.32 Å². The summed E-state index contributed by atoms with van der Waals surface area (Å²) in [5.41, 5.74) is 0.938. The van der Waals surface area contributed by atoms with Crippen LogP contribution in [0.1, 0.15) is 43.8 Å². The van der Waals surface area contributed by atoms with Crippen LogP contribution in [0.2, 0.25) is 0 Å². The van der Waals surface area contributed by atoms with E-state index in [9.17, 15) is 9.90 Å². The smallest absolute Gasteiger partial charge is 0.236 e. The number of amides is 1. The maximum Gasteiger partial charge on any atom is 0.236 e. The van der Waals surface area contributed by atoms with Crippen molar-refractivity contribution in [2.45, 2.75) is 50.3 Å². The molecule has 1 aromatic carbocycles. The van der Waals surface area contributed by atoms with Crippen LogP contribution in [0.25, 0.3) is 0 Å². The molecule has 0 spiro atoms. The molecule has 114 valence electrons. The van der Waals surface area contributed by atoms with E-state index in [4.69, 9.17) is 0 Å². The minimum Gasteiger partial charge on any atom is -0.388 e. The SMILES string of the molecule is O=C(CNC1CC1)N1CCCC1CC(O)c1ccccc1. The number of aliphatic hydroxyl groups excluding tert-OH is 1. The van der Waals surface area contributed by atoms with E-state index in [1.54, 1.807) is 0 Å². The van der Waals surface area contributed by atoms with Gasteiger partial charge in [-0.05, 0) is 37.7 Å². The van der Waals surface area contributed by atoms with E-state index in [1.165, 1.54) is 12.8 Å². The summed E-state index contributed by atoms with van der Waals surface area (Å²) in [6.45, 7) is 1.28. The molecule has 0 radical (unpaired) electrons. The van der Waals surface area contributed by atoms with Gasteiger partial charge in [-0.15, -0.1) is 0 Å². The average Bonchev–Trinajstić information content (AvgIpc) is 3.23. The second-order valence-electron chi connectivity index (χ2n) is 6.20. The molecule has 2 unspecified atom stereocenters. The first-order chi connectivity index (χ1) is 10.2. The summed E-state index contributed by atoms with van der Waals surface area (Å²) in [7, 11) is 0. The Kier molecular flexibility index (Phi) is 4.56. The van der Waals surface area contributed by atoms with Gasteiger partial charge in [0.15, 0.2) is 0 Å². The van der Waals surface area contributed by atoms with E-state index in [-0.39, 0.29) is 11.9 Å². The van der Waals surface area contributed by atoms with E-state index in [0.717, 1.165) is 24.9 Å². The highest BCUT2D eigenvalue weighted by Gasteiger charge is 2.31. The minimum atomic E-state index is -0.485. The van der Waals surface area contributed by atoms with Crippen molar-refractivity contribution >= 4 is 5.91 Å². The van der Waals surface area contributed by atoms with Gasteiger partial charge >= 0.3 is 0 Å². The Morgan fingerprint density at radius 1 is 1.29 bits per heavy atom. The van der Waals surface area contributed by atoms with Crippen molar-refractivity contribution in [2.75, 3.05) is 13.1 Å². The van der Waals surface area contributed by atoms with Crippen LogP contribution >= 0.6 is 0 Å². The van der Waals surface area contributed by atoms with Gasteiger partial charge in [-0.1, -0.05) is 30.3 Å². The third-order valence-corrected chi connectivity index (χ3v) is 4.50. The standard InChI is InChI=1S/C17H24N2O2/c20-16(13-5-2-1-3-6-13)11-15-7-4-10-19(15)17(21)12-18-14-8-9-14/h1-3,5-6,14-16,18,20H,4,7-12H2. The van der Waals surface area contributed by atoms with Crippen molar-refractivity contribution in [1.29, 1.82) is 0 Å². The predicted octanol–water partition coefficient (Wildman–Crippen LogP) is 1.85. The lowest BCUT2D eigenvalue weighted by Gasteiger charge is -2.27. The van der Waals surface area contributed by atoms with Gasteiger partial charge in [0.25, 0.3) is 0 Å². The lowest BCUT2D eigenvalue weighted by atomic mass is 10.0. The highest BCUT2D eigenvalue weighted by atomic mass is 16.3. The van der Waals surface area contributed by atoms with Crippen LogP contribution in [-0.4, -0.2) is 41.1 Å². The van der Waals surface area contributed by atoms with Gasteiger partial charge in [-0.25, -0.2) is 0 Å². The summed E-state index contributed by atoms with van der Waals surface area (Å²) in [6.07, 6.45) is 4.59. The number of benzene rings is 1. The second kappa shape index (κ2) is 6.58. The Hall–Kier alpha value is -1.39. The van der Waals surface area contributed by atoms with E-state index in [1.807, 2.05) is 35.2 Å². The fourth-order valence-corrected chi connectivity index (χ4v) is 3.10. The molecule has 2 atom stereocenters. The Labute approximate surface area is 126 Å². The van der Waals surface area contributed by atoms with E-state index >= 15 is 0 Å².